The van der Waals surface area contributed by atoms with E-state index in [1.807, 2.05) is 66.7 Å². The lowest BCUT2D eigenvalue weighted by molar-refractivity contribution is 0.669. The zero-order valence-corrected chi connectivity index (χ0v) is 17.7. The van der Waals surface area contributed by atoms with E-state index in [4.69, 9.17) is 11.3 Å². The van der Waals surface area contributed by atoms with Crippen LogP contribution in [-0.4, -0.2) is 4.98 Å². The van der Waals surface area contributed by atoms with Gasteiger partial charge in [0.15, 0.2) is 0 Å². The number of benzene rings is 4. The van der Waals surface area contributed by atoms with Crippen molar-refractivity contribution >= 4 is 21.9 Å². The Morgan fingerprint density at radius 1 is 0.788 bits per heavy atom. The van der Waals surface area contributed by atoms with Gasteiger partial charge in [0.25, 0.3) is 0 Å². The molecule has 2 nitrogen and oxygen atoms in total. The molecule has 0 unspecified atom stereocenters. The molecule has 4 aromatic carbocycles. The number of rotatable bonds is 4. The number of hydrogen-bond donors (Lipinski definition) is 0. The molecule has 0 atom stereocenters. The topological polar surface area (TPSA) is 26.0 Å². The number of pyridine rings is 1. The summed E-state index contributed by atoms with van der Waals surface area (Å²) in [6, 6.07) is 31.4. The molecule has 0 aliphatic heterocycles. The third-order valence-corrected chi connectivity index (χ3v) is 5.82. The summed E-state index contributed by atoms with van der Waals surface area (Å²) in [6.07, 6.45) is -0.166. The Kier molecular flexibility index (Phi) is 3.62. The van der Waals surface area contributed by atoms with Gasteiger partial charge in [0.1, 0.15) is 11.2 Å². The summed E-state index contributed by atoms with van der Waals surface area (Å²) in [5, 5.41) is 1.23. The van der Waals surface area contributed by atoms with Gasteiger partial charge >= 0.3 is 0 Å². The number of aryl methyl sites for hydroxylation is 1. The number of hydrogen-bond acceptors (Lipinski definition) is 2. The summed E-state index contributed by atoms with van der Waals surface area (Å²) < 4.78 is 48.5. The highest BCUT2D eigenvalue weighted by Crippen LogP contribution is 2.39. The molecule has 0 bridgehead atoms. The van der Waals surface area contributed by atoms with Crippen LogP contribution in [0.3, 0.4) is 0 Å². The van der Waals surface area contributed by atoms with Crippen molar-refractivity contribution < 1.29 is 11.3 Å². The van der Waals surface area contributed by atoms with Crippen molar-refractivity contribution in [3.63, 3.8) is 0 Å². The summed E-state index contributed by atoms with van der Waals surface area (Å²) in [7, 11) is 0. The lowest BCUT2D eigenvalue weighted by atomic mass is 9.98. The van der Waals surface area contributed by atoms with E-state index in [-0.39, 0.29) is 5.56 Å². The SMILES string of the molecule is [2H]C([2H])([2H])c1ccc(-c2cc(C([2H])([2H])c3ccccc3)ccn2)c2oc3ccc(-c4ccccc4)cc3c12. The second-order valence-electron chi connectivity index (χ2n) is 7.96. The van der Waals surface area contributed by atoms with Crippen molar-refractivity contribution in [1.82, 2.24) is 4.98 Å². The number of fused-ring (bicyclic) bond motifs is 3. The Hall–Kier alpha value is -4.17. The maximum Gasteiger partial charge on any atom is 0.145 e. The summed E-state index contributed by atoms with van der Waals surface area (Å²) in [4.78, 5) is 4.53. The molecule has 0 saturated carbocycles. The van der Waals surface area contributed by atoms with E-state index in [9.17, 15) is 0 Å². The number of nitrogens with zero attached hydrogens (tertiary/aromatic N) is 1. The first-order valence-electron chi connectivity index (χ1n) is 13.3. The van der Waals surface area contributed by atoms with Gasteiger partial charge in [-0.25, -0.2) is 0 Å². The van der Waals surface area contributed by atoms with Gasteiger partial charge in [0.05, 0.1) is 5.69 Å². The Bertz CT molecular complexity index is 1770. The van der Waals surface area contributed by atoms with E-state index in [1.165, 1.54) is 0 Å². The van der Waals surface area contributed by atoms with Crippen LogP contribution in [0.25, 0.3) is 44.3 Å². The van der Waals surface area contributed by atoms with Crippen LogP contribution in [0.15, 0.2) is 114 Å². The molecule has 0 saturated heterocycles. The molecule has 0 spiro atoms. The highest BCUT2D eigenvalue weighted by Gasteiger charge is 2.16. The predicted molar refractivity (Wildman–Crippen MR) is 136 cm³/mol. The van der Waals surface area contributed by atoms with Crippen molar-refractivity contribution in [2.75, 3.05) is 0 Å². The molecule has 0 amide bonds. The maximum absolute atomic E-state index is 8.78. The Morgan fingerprint density at radius 2 is 1.61 bits per heavy atom. The van der Waals surface area contributed by atoms with Crippen molar-refractivity contribution in [3.05, 3.63) is 126 Å². The van der Waals surface area contributed by atoms with Gasteiger partial charge < -0.3 is 4.42 Å². The second-order valence-corrected chi connectivity index (χ2v) is 7.96. The molecule has 0 N–H and O–H groups in total. The lowest BCUT2D eigenvalue weighted by Gasteiger charge is -2.07. The highest BCUT2D eigenvalue weighted by molar-refractivity contribution is 6.11. The van der Waals surface area contributed by atoms with E-state index in [1.54, 1.807) is 42.6 Å². The molecule has 158 valence electrons. The molecule has 0 radical (unpaired) electrons. The average molecular weight is 431 g/mol. The van der Waals surface area contributed by atoms with Crippen molar-refractivity contribution in [2.24, 2.45) is 0 Å². The van der Waals surface area contributed by atoms with Crippen LogP contribution < -0.4 is 0 Å². The standard InChI is InChI=1S/C31H23NO/c1-21-12-14-26(28-19-23(16-17-32-28)18-22-8-4-2-5-9-22)31-30(21)27-20-25(13-15-29(27)33-31)24-10-6-3-7-11-24/h2-17,19-20H,18H2,1H3/i1D3,18D2. The van der Waals surface area contributed by atoms with E-state index < -0.39 is 13.2 Å². The zero-order valence-electron chi connectivity index (χ0n) is 22.7. The van der Waals surface area contributed by atoms with E-state index in [0.29, 0.717) is 44.3 Å². The molecule has 0 aliphatic rings. The van der Waals surface area contributed by atoms with Crippen molar-refractivity contribution in [1.29, 1.82) is 0 Å². The zero-order chi connectivity index (χ0) is 26.5. The largest absolute Gasteiger partial charge is 0.455 e. The van der Waals surface area contributed by atoms with Crippen LogP contribution in [0.2, 0.25) is 0 Å². The summed E-state index contributed by atoms with van der Waals surface area (Å²) in [6.45, 7) is -2.35. The van der Waals surface area contributed by atoms with E-state index in [2.05, 4.69) is 4.98 Å². The molecule has 6 aromatic rings. The summed E-state index contributed by atoms with van der Waals surface area (Å²) in [5.74, 6) is 0. The monoisotopic (exact) mass is 430 g/mol. The van der Waals surface area contributed by atoms with Crippen LogP contribution in [0.5, 0.6) is 0 Å². The van der Waals surface area contributed by atoms with Gasteiger partial charge in [0, 0.05) is 29.4 Å². The Labute approximate surface area is 200 Å². The molecule has 0 aliphatic carbocycles. The Balaban J connectivity index is 1.58. The quantitative estimate of drug-likeness (QED) is 0.282. The second kappa shape index (κ2) is 8.07. The first-order chi connectivity index (χ1) is 18.2. The smallest absolute Gasteiger partial charge is 0.145 e. The average Bonchev–Trinajstić information content (AvgIpc) is 3.32. The summed E-state index contributed by atoms with van der Waals surface area (Å²) in [5.41, 5.74) is 5.28. The Morgan fingerprint density at radius 3 is 2.42 bits per heavy atom. The minimum absolute atomic E-state index is 0.205. The summed E-state index contributed by atoms with van der Waals surface area (Å²) >= 11 is 0. The van der Waals surface area contributed by atoms with E-state index in [0.717, 1.165) is 11.1 Å². The first kappa shape index (κ1) is 14.8. The fourth-order valence-electron chi connectivity index (χ4n) is 4.24. The molecular formula is C31H23NO. The van der Waals surface area contributed by atoms with Crippen LogP contribution >= 0.6 is 0 Å². The van der Waals surface area contributed by atoms with Crippen LogP contribution in [0.1, 0.15) is 23.5 Å². The number of aromatic nitrogens is 1. The van der Waals surface area contributed by atoms with Crippen LogP contribution in [0, 0.1) is 6.85 Å². The third kappa shape index (κ3) is 3.60. The minimum Gasteiger partial charge on any atom is -0.455 e. The highest BCUT2D eigenvalue weighted by atomic mass is 16.3. The molecule has 2 heteroatoms. The maximum atomic E-state index is 8.78. The molecule has 2 aromatic heterocycles. The minimum atomic E-state index is -2.35. The van der Waals surface area contributed by atoms with Gasteiger partial charge in [-0.1, -0.05) is 72.8 Å². The fourth-order valence-corrected chi connectivity index (χ4v) is 4.24. The predicted octanol–water partition coefficient (Wildman–Crippen LogP) is 8.21. The van der Waals surface area contributed by atoms with Crippen molar-refractivity contribution in [2.45, 2.75) is 13.2 Å². The third-order valence-electron chi connectivity index (χ3n) is 5.82. The first-order valence-corrected chi connectivity index (χ1v) is 10.8. The van der Waals surface area contributed by atoms with Gasteiger partial charge in [0.2, 0.25) is 0 Å². The molecular weight excluding hydrogens is 402 g/mol. The molecule has 33 heavy (non-hydrogen) atoms. The molecule has 0 fully saturated rings. The normalized spacial score (nSPS) is 14.4. The van der Waals surface area contributed by atoms with E-state index >= 15 is 0 Å². The van der Waals surface area contributed by atoms with Crippen molar-refractivity contribution in [3.8, 4) is 22.4 Å². The lowest BCUT2D eigenvalue weighted by Crippen LogP contribution is -1.91. The van der Waals surface area contributed by atoms with Gasteiger partial charge in [-0.15, -0.1) is 0 Å². The van der Waals surface area contributed by atoms with Gasteiger partial charge in [-0.05, 0) is 71.4 Å². The van der Waals surface area contributed by atoms with Gasteiger partial charge in [-0.3, -0.25) is 4.98 Å². The molecule has 6 rings (SSSR count). The van der Waals surface area contributed by atoms with Gasteiger partial charge in [-0.2, -0.15) is 0 Å². The fraction of sp³-hybridized carbons (Fsp3) is 0.0645. The van der Waals surface area contributed by atoms with Crippen LogP contribution in [-0.2, 0) is 6.37 Å². The number of furan rings is 1. The van der Waals surface area contributed by atoms with Crippen LogP contribution in [0.4, 0.5) is 0 Å². The molecule has 2 heterocycles.